The SMILES string of the molecule is c1ccc(CCC(Cc2ccccc2)Cc2ccccc2)cc1. The second kappa shape index (κ2) is 8.33. The van der Waals surface area contributed by atoms with Crippen LogP contribution in [0.5, 0.6) is 0 Å². The van der Waals surface area contributed by atoms with Crippen molar-refractivity contribution in [2.45, 2.75) is 25.7 Å². The number of hydrogen-bond donors (Lipinski definition) is 0. The van der Waals surface area contributed by atoms with Crippen molar-refractivity contribution in [1.29, 1.82) is 0 Å². The lowest BCUT2D eigenvalue weighted by molar-refractivity contribution is 0.480. The maximum absolute atomic E-state index is 2.25. The summed E-state index contributed by atoms with van der Waals surface area (Å²) in [6.07, 6.45) is 4.70. The Kier molecular flexibility index (Phi) is 5.64. The molecule has 0 aromatic heterocycles. The van der Waals surface area contributed by atoms with E-state index in [1.54, 1.807) is 0 Å². The molecule has 0 bridgehead atoms. The van der Waals surface area contributed by atoms with Crippen LogP contribution < -0.4 is 0 Å². The van der Waals surface area contributed by atoms with Gasteiger partial charge in [-0.3, -0.25) is 0 Å². The third kappa shape index (κ3) is 5.10. The first kappa shape index (κ1) is 15.6. The zero-order valence-electron chi connectivity index (χ0n) is 13.6. The van der Waals surface area contributed by atoms with E-state index >= 15 is 0 Å². The van der Waals surface area contributed by atoms with Gasteiger partial charge in [-0.05, 0) is 48.3 Å². The van der Waals surface area contributed by atoms with Crippen molar-refractivity contribution in [3.63, 3.8) is 0 Å². The van der Waals surface area contributed by atoms with E-state index in [9.17, 15) is 0 Å². The predicted octanol–water partition coefficient (Wildman–Crippen LogP) is 5.72. The molecule has 0 radical (unpaired) electrons. The van der Waals surface area contributed by atoms with Crippen molar-refractivity contribution in [2.24, 2.45) is 5.92 Å². The number of aryl methyl sites for hydroxylation is 1. The summed E-state index contributed by atoms with van der Waals surface area (Å²) in [6.45, 7) is 0. The summed E-state index contributed by atoms with van der Waals surface area (Å²) >= 11 is 0. The molecule has 0 N–H and O–H groups in total. The van der Waals surface area contributed by atoms with Gasteiger partial charge < -0.3 is 0 Å². The minimum Gasteiger partial charge on any atom is -0.0622 e. The fraction of sp³-hybridized carbons (Fsp3) is 0.217. The number of benzene rings is 3. The molecule has 0 atom stereocenters. The molecule has 0 nitrogen and oxygen atoms in total. The van der Waals surface area contributed by atoms with E-state index in [4.69, 9.17) is 0 Å². The monoisotopic (exact) mass is 300 g/mol. The zero-order chi connectivity index (χ0) is 15.7. The van der Waals surface area contributed by atoms with Gasteiger partial charge >= 0.3 is 0 Å². The van der Waals surface area contributed by atoms with Crippen molar-refractivity contribution in [3.8, 4) is 0 Å². The van der Waals surface area contributed by atoms with Gasteiger partial charge in [0.15, 0.2) is 0 Å². The predicted molar refractivity (Wildman–Crippen MR) is 98.5 cm³/mol. The number of hydrogen-bond acceptors (Lipinski definition) is 0. The molecule has 0 saturated carbocycles. The van der Waals surface area contributed by atoms with Gasteiger partial charge in [0.1, 0.15) is 0 Å². The van der Waals surface area contributed by atoms with Crippen LogP contribution in [0.2, 0.25) is 0 Å². The molecule has 0 fully saturated rings. The van der Waals surface area contributed by atoms with Gasteiger partial charge in [-0.1, -0.05) is 91.0 Å². The maximum Gasteiger partial charge on any atom is -0.0247 e. The summed E-state index contributed by atoms with van der Waals surface area (Å²) in [7, 11) is 0. The molecule has 0 spiro atoms. The average Bonchev–Trinajstić information content (AvgIpc) is 2.62. The van der Waals surface area contributed by atoms with E-state index < -0.39 is 0 Å². The van der Waals surface area contributed by atoms with Crippen LogP contribution in [0.4, 0.5) is 0 Å². The Morgan fingerprint density at radius 3 is 1.30 bits per heavy atom. The minimum absolute atomic E-state index is 0.681. The molecule has 0 unspecified atom stereocenters. The van der Waals surface area contributed by atoms with Crippen LogP contribution in [0.15, 0.2) is 91.0 Å². The van der Waals surface area contributed by atoms with E-state index in [0.29, 0.717) is 5.92 Å². The molecular formula is C23H24. The van der Waals surface area contributed by atoms with Gasteiger partial charge in [0, 0.05) is 0 Å². The molecule has 0 aliphatic rings. The van der Waals surface area contributed by atoms with E-state index in [-0.39, 0.29) is 0 Å². The Morgan fingerprint density at radius 1 is 0.478 bits per heavy atom. The molecule has 0 aliphatic heterocycles. The highest BCUT2D eigenvalue weighted by Gasteiger charge is 2.11. The normalized spacial score (nSPS) is 10.8. The van der Waals surface area contributed by atoms with Crippen molar-refractivity contribution in [3.05, 3.63) is 108 Å². The lowest BCUT2D eigenvalue weighted by atomic mass is 9.88. The largest absolute Gasteiger partial charge is 0.0622 e. The maximum atomic E-state index is 2.25. The summed E-state index contributed by atoms with van der Waals surface area (Å²) in [5.74, 6) is 0.681. The fourth-order valence-corrected chi connectivity index (χ4v) is 3.19. The quantitative estimate of drug-likeness (QED) is 0.523. The van der Waals surface area contributed by atoms with E-state index in [0.717, 1.165) is 19.3 Å². The van der Waals surface area contributed by atoms with Crippen LogP contribution in [0, 0.1) is 5.92 Å². The Bertz CT molecular complexity index is 630. The van der Waals surface area contributed by atoms with Crippen molar-refractivity contribution in [2.75, 3.05) is 0 Å². The van der Waals surface area contributed by atoms with E-state index in [2.05, 4.69) is 91.0 Å². The standard InChI is InChI=1S/C23H24/c1-4-10-20(11-5-1)16-17-23(18-21-12-6-2-7-13-21)19-22-14-8-3-9-15-22/h1-15,23H,16-19H2. The Balaban J connectivity index is 1.67. The summed E-state index contributed by atoms with van der Waals surface area (Å²) in [4.78, 5) is 0. The molecule has 23 heavy (non-hydrogen) atoms. The van der Waals surface area contributed by atoms with Gasteiger partial charge in [-0.25, -0.2) is 0 Å². The first-order chi connectivity index (χ1) is 11.4. The Labute approximate surface area is 139 Å². The first-order valence-corrected chi connectivity index (χ1v) is 8.52. The molecule has 0 saturated heterocycles. The lowest BCUT2D eigenvalue weighted by Crippen LogP contribution is -2.10. The van der Waals surface area contributed by atoms with Crippen LogP contribution in [0.3, 0.4) is 0 Å². The second-order valence-electron chi connectivity index (χ2n) is 6.27. The second-order valence-corrected chi connectivity index (χ2v) is 6.27. The average molecular weight is 300 g/mol. The van der Waals surface area contributed by atoms with E-state index in [1.165, 1.54) is 23.1 Å². The summed E-state index contributed by atoms with van der Waals surface area (Å²) in [5, 5.41) is 0. The third-order valence-corrected chi connectivity index (χ3v) is 4.42. The minimum atomic E-state index is 0.681. The van der Waals surface area contributed by atoms with Gasteiger partial charge in [0.2, 0.25) is 0 Å². The molecule has 3 aromatic rings. The molecule has 0 heteroatoms. The highest BCUT2D eigenvalue weighted by atomic mass is 14.2. The zero-order valence-corrected chi connectivity index (χ0v) is 13.6. The van der Waals surface area contributed by atoms with E-state index in [1.807, 2.05) is 0 Å². The first-order valence-electron chi connectivity index (χ1n) is 8.52. The summed E-state index contributed by atoms with van der Waals surface area (Å²) in [6, 6.07) is 32.6. The third-order valence-electron chi connectivity index (χ3n) is 4.42. The van der Waals surface area contributed by atoms with Gasteiger partial charge in [-0.15, -0.1) is 0 Å². The van der Waals surface area contributed by atoms with Gasteiger partial charge in [0.05, 0.1) is 0 Å². The van der Waals surface area contributed by atoms with Gasteiger partial charge in [-0.2, -0.15) is 0 Å². The highest BCUT2D eigenvalue weighted by Crippen LogP contribution is 2.20. The van der Waals surface area contributed by atoms with Crippen LogP contribution in [-0.4, -0.2) is 0 Å². The number of rotatable bonds is 7. The highest BCUT2D eigenvalue weighted by molar-refractivity contribution is 5.19. The lowest BCUT2D eigenvalue weighted by Gasteiger charge is -2.17. The van der Waals surface area contributed by atoms with Crippen molar-refractivity contribution >= 4 is 0 Å². The van der Waals surface area contributed by atoms with Crippen LogP contribution >= 0.6 is 0 Å². The molecule has 3 rings (SSSR count). The Morgan fingerprint density at radius 2 is 0.870 bits per heavy atom. The molecule has 0 amide bonds. The topological polar surface area (TPSA) is 0 Å². The molecule has 3 aromatic carbocycles. The fourth-order valence-electron chi connectivity index (χ4n) is 3.19. The van der Waals surface area contributed by atoms with Crippen molar-refractivity contribution < 1.29 is 0 Å². The Hall–Kier alpha value is -2.34. The molecule has 116 valence electrons. The molecular weight excluding hydrogens is 276 g/mol. The van der Waals surface area contributed by atoms with Crippen LogP contribution in [0.25, 0.3) is 0 Å². The molecule has 0 aliphatic carbocycles. The summed E-state index contributed by atoms with van der Waals surface area (Å²) < 4.78 is 0. The van der Waals surface area contributed by atoms with Crippen LogP contribution in [0.1, 0.15) is 23.1 Å². The van der Waals surface area contributed by atoms with Crippen LogP contribution in [-0.2, 0) is 19.3 Å². The van der Waals surface area contributed by atoms with Crippen molar-refractivity contribution in [1.82, 2.24) is 0 Å². The summed E-state index contributed by atoms with van der Waals surface area (Å²) in [5.41, 5.74) is 4.33. The smallest absolute Gasteiger partial charge is 0.0247 e. The van der Waals surface area contributed by atoms with Gasteiger partial charge in [0.25, 0.3) is 0 Å². The molecule has 0 heterocycles.